The zero-order valence-electron chi connectivity index (χ0n) is 7.46. The molecule has 0 aromatic heterocycles. The summed E-state index contributed by atoms with van der Waals surface area (Å²) >= 11 is 4.91. The third kappa shape index (κ3) is 2.34. The molecule has 1 aliphatic rings. The minimum atomic E-state index is -2.65. The summed E-state index contributed by atoms with van der Waals surface area (Å²) < 4.78 is 24.7. The first-order valence-electron chi connectivity index (χ1n) is 4.22. The Morgan fingerprint density at radius 2 is 1.92 bits per heavy atom. The fourth-order valence-corrected chi connectivity index (χ4v) is 1.61. The van der Waals surface area contributed by atoms with Gasteiger partial charge in [0.25, 0.3) is 6.43 Å². The van der Waals surface area contributed by atoms with Gasteiger partial charge in [-0.2, -0.15) is 0 Å². The molecule has 2 nitrogen and oxygen atoms in total. The summed E-state index contributed by atoms with van der Waals surface area (Å²) in [6, 6.07) is 0. The predicted molar refractivity (Wildman–Crippen MR) is 50.0 cm³/mol. The maximum absolute atomic E-state index is 12.3. The number of hydrogen-bond donors (Lipinski definition) is 1. The van der Waals surface area contributed by atoms with Crippen molar-refractivity contribution in [3.63, 3.8) is 0 Å². The molecular formula is C8H13F2NOS. The van der Waals surface area contributed by atoms with Crippen molar-refractivity contribution < 1.29 is 13.9 Å². The molecule has 1 heterocycles. The molecule has 0 unspecified atom stereocenters. The number of halogens is 2. The van der Waals surface area contributed by atoms with Gasteiger partial charge in [0.1, 0.15) is 5.60 Å². The topological polar surface area (TPSA) is 23.5 Å². The van der Waals surface area contributed by atoms with Crippen LogP contribution in [0.4, 0.5) is 8.78 Å². The second-order valence-electron chi connectivity index (χ2n) is 3.41. The van der Waals surface area contributed by atoms with E-state index in [4.69, 9.17) is 12.2 Å². The summed E-state index contributed by atoms with van der Waals surface area (Å²) in [5, 5.41) is 9.43. The molecular weight excluding hydrogens is 196 g/mol. The molecule has 1 fully saturated rings. The van der Waals surface area contributed by atoms with Crippen LogP contribution in [0.25, 0.3) is 0 Å². The highest BCUT2D eigenvalue weighted by atomic mass is 32.1. The molecule has 0 saturated carbocycles. The van der Waals surface area contributed by atoms with Crippen LogP contribution >= 0.6 is 12.2 Å². The van der Waals surface area contributed by atoms with Gasteiger partial charge in [-0.25, -0.2) is 8.78 Å². The molecule has 1 aliphatic heterocycles. The fourth-order valence-electron chi connectivity index (χ4n) is 1.43. The van der Waals surface area contributed by atoms with Crippen LogP contribution in [0.1, 0.15) is 19.8 Å². The molecule has 0 atom stereocenters. The largest absolute Gasteiger partial charge is 0.384 e. The number of alkyl halides is 2. The van der Waals surface area contributed by atoms with E-state index >= 15 is 0 Å². The summed E-state index contributed by atoms with van der Waals surface area (Å²) in [7, 11) is 0. The number of likely N-dealkylation sites (tertiary alicyclic amines) is 1. The van der Waals surface area contributed by atoms with Gasteiger partial charge in [-0.05, 0) is 19.8 Å². The van der Waals surface area contributed by atoms with Crippen LogP contribution in [-0.4, -0.2) is 40.1 Å². The summed E-state index contributed by atoms with van der Waals surface area (Å²) in [5.74, 6) is 0. The van der Waals surface area contributed by atoms with E-state index in [1.165, 1.54) is 0 Å². The number of nitrogens with zero attached hydrogens (tertiary/aromatic N) is 1. The van der Waals surface area contributed by atoms with Crippen LogP contribution in [0, 0.1) is 0 Å². The van der Waals surface area contributed by atoms with Crippen molar-refractivity contribution in [3.8, 4) is 0 Å². The van der Waals surface area contributed by atoms with Crippen molar-refractivity contribution in [1.82, 2.24) is 4.90 Å². The summed E-state index contributed by atoms with van der Waals surface area (Å²) in [6.45, 7) is 2.62. The first kappa shape index (κ1) is 10.8. The molecule has 76 valence electrons. The Morgan fingerprint density at radius 3 is 2.23 bits per heavy atom. The van der Waals surface area contributed by atoms with E-state index in [1.54, 1.807) is 6.92 Å². The number of hydrogen-bond acceptors (Lipinski definition) is 2. The first-order valence-corrected chi connectivity index (χ1v) is 4.62. The van der Waals surface area contributed by atoms with E-state index in [2.05, 4.69) is 0 Å². The van der Waals surface area contributed by atoms with E-state index in [9.17, 15) is 13.9 Å². The Labute approximate surface area is 81.5 Å². The molecule has 0 aromatic rings. The van der Waals surface area contributed by atoms with Crippen molar-refractivity contribution in [1.29, 1.82) is 0 Å². The van der Waals surface area contributed by atoms with Gasteiger partial charge in [-0.15, -0.1) is 0 Å². The Bertz CT molecular complexity index is 202. The lowest BCUT2D eigenvalue weighted by atomic mass is 9.92. The predicted octanol–water partition coefficient (Wildman–Crippen LogP) is 1.43. The third-order valence-electron chi connectivity index (χ3n) is 2.48. The van der Waals surface area contributed by atoms with E-state index in [0.29, 0.717) is 18.1 Å². The molecule has 0 spiro atoms. The van der Waals surface area contributed by atoms with Crippen molar-refractivity contribution in [2.75, 3.05) is 13.1 Å². The highest BCUT2D eigenvalue weighted by Crippen LogP contribution is 2.28. The van der Waals surface area contributed by atoms with Crippen LogP contribution < -0.4 is 0 Å². The summed E-state index contributed by atoms with van der Waals surface area (Å²) in [4.78, 5) is 2.54. The Balaban J connectivity index is 2.51. The van der Waals surface area contributed by atoms with Gasteiger partial charge in [-0.1, -0.05) is 12.2 Å². The van der Waals surface area contributed by atoms with Gasteiger partial charge < -0.3 is 10.0 Å². The summed E-state index contributed by atoms with van der Waals surface area (Å²) in [5.41, 5.74) is -1.79. The Morgan fingerprint density at radius 1 is 1.46 bits per heavy atom. The SMILES string of the molecule is CC(=S)N1CCC(O)(C(F)F)CC1. The molecule has 0 aliphatic carbocycles. The monoisotopic (exact) mass is 209 g/mol. The first-order chi connectivity index (χ1) is 5.96. The number of rotatable bonds is 1. The molecule has 1 saturated heterocycles. The van der Waals surface area contributed by atoms with Gasteiger partial charge in [0.05, 0.1) is 4.99 Å². The molecule has 13 heavy (non-hydrogen) atoms. The van der Waals surface area contributed by atoms with Gasteiger partial charge in [-0.3, -0.25) is 0 Å². The minimum absolute atomic E-state index is 0.0959. The highest BCUT2D eigenvalue weighted by molar-refractivity contribution is 7.80. The standard InChI is InChI=1S/C8H13F2NOS/c1-6(13)11-4-2-8(12,3-5-11)7(9)10/h7,12H,2-5H2,1H3. The summed E-state index contributed by atoms with van der Waals surface area (Å²) in [6.07, 6.45) is -2.46. The third-order valence-corrected chi connectivity index (χ3v) is 2.74. The van der Waals surface area contributed by atoms with Crippen LogP contribution in [0.2, 0.25) is 0 Å². The lowest BCUT2D eigenvalue weighted by molar-refractivity contribution is -0.120. The zero-order chi connectivity index (χ0) is 10.1. The van der Waals surface area contributed by atoms with Crippen molar-refractivity contribution in [2.24, 2.45) is 0 Å². The van der Waals surface area contributed by atoms with Gasteiger partial charge in [0.15, 0.2) is 0 Å². The smallest absolute Gasteiger partial charge is 0.266 e. The fraction of sp³-hybridized carbons (Fsp3) is 0.875. The molecule has 0 bridgehead atoms. The van der Waals surface area contributed by atoms with E-state index < -0.39 is 12.0 Å². The van der Waals surface area contributed by atoms with Crippen molar-refractivity contribution in [3.05, 3.63) is 0 Å². The minimum Gasteiger partial charge on any atom is -0.384 e. The Kier molecular flexibility index (Phi) is 3.18. The molecule has 1 rings (SSSR count). The lowest BCUT2D eigenvalue weighted by Gasteiger charge is -2.38. The average molecular weight is 209 g/mol. The molecule has 5 heteroatoms. The van der Waals surface area contributed by atoms with E-state index in [1.807, 2.05) is 4.90 Å². The van der Waals surface area contributed by atoms with Crippen LogP contribution in [0.5, 0.6) is 0 Å². The number of aliphatic hydroxyl groups is 1. The quantitative estimate of drug-likeness (QED) is 0.661. The van der Waals surface area contributed by atoms with Crippen LogP contribution in [-0.2, 0) is 0 Å². The van der Waals surface area contributed by atoms with Crippen molar-refractivity contribution in [2.45, 2.75) is 31.8 Å². The average Bonchev–Trinajstić information content (AvgIpc) is 2.04. The molecule has 0 aromatic carbocycles. The van der Waals surface area contributed by atoms with Gasteiger partial charge in [0.2, 0.25) is 0 Å². The Hall–Kier alpha value is -0.290. The number of piperidine rings is 1. The maximum atomic E-state index is 12.3. The van der Waals surface area contributed by atoms with Crippen molar-refractivity contribution >= 4 is 17.2 Å². The normalized spacial score (nSPS) is 22.1. The zero-order valence-corrected chi connectivity index (χ0v) is 8.28. The highest BCUT2D eigenvalue weighted by Gasteiger charge is 2.40. The van der Waals surface area contributed by atoms with Gasteiger partial charge >= 0.3 is 0 Å². The second-order valence-corrected chi connectivity index (χ2v) is 4.00. The lowest BCUT2D eigenvalue weighted by Crippen LogP contribution is -2.49. The van der Waals surface area contributed by atoms with E-state index in [0.717, 1.165) is 0 Å². The van der Waals surface area contributed by atoms with Crippen LogP contribution in [0.3, 0.4) is 0 Å². The van der Waals surface area contributed by atoms with Gasteiger partial charge in [0, 0.05) is 13.1 Å². The number of thiocarbonyl (C=S) groups is 1. The molecule has 0 amide bonds. The molecule has 1 N–H and O–H groups in total. The molecule has 0 radical (unpaired) electrons. The van der Waals surface area contributed by atoms with E-state index in [-0.39, 0.29) is 12.8 Å². The second kappa shape index (κ2) is 3.84. The maximum Gasteiger partial charge on any atom is 0.266 e. The van der Waals surface area contributed by atoms with Crippen LogP contribution in [0.15, 0.2) is 0 Å².